The average Bonchev–Trinajstić information content (AvgIpc) is 2.90. The molecule has 21 heavy (non-hydrogen) atoms. The Morgan fingerprint density at radius 3 is 2.86 bits per heavy atom. The second-order valence-electron chi connectivity index (χ2n) is 5.55. The molecule has 0 saturated carbocycles. The fraction of sp³-hybridized carbons (Fsp3) is 0.429. The van der Waals surface area contributed by atoms with E-state index in [1.807, 2.05) is 11.5 Å². The van der Waals surface area contributed by atoms with E-state index in [-0.39, 0.29) is 23.0 Å². The van der Waals surface area contributed by atoms with E-state index in [0.29, 0.717) is 13.0 Å². The molecule has 1 unspecified atom stereocenters. The molecule has 0 spiro atoms. The number of sulfone groups is 1. The zero-order chi connectivity index (χ0) is 15.2. The van der Waals surface area contributed by atoms with Gasteiger partial charge in [0.25, 0.3) is 0 Å². The second-order valence-corrected chi connectivity index (χ2v) is 7.78. The van der Waals surface area contributed by atoms with Crippen molar-refractivity contribution in [1.82, 2.24) is 9.55 Å². The van der Waals surface area contributed by atoms with E-state index in [4.69, 9.17) is 5.11 Å². The number of imidazole rings is 1. The van der Waals surface area contributed by atoms with Gasteiger partial charge in [-0.25, -0.2) is 18.2 Å². The van der Waals surface area contributed by atoms with Crippen LogP contribution in [0.15, 0.2) is 18.2 Å². The van der Waals surface area contributed by atoms with Crippen LogP contribution in [0, 0.1) is 12.8 Å². The van der Waals surface area contributed by atoms with Crippen molar-refractivity contribution >= 4 is 26.8 Å². The van der Waals surface area contributed by atoms with Gasteiger partial charge in [-0.05, 0) is 37.5 Å². The Morgan fingerprint density at radius 1 is 1.48 bits per heavy atom. The summed E-state index contributed by atoms with van der Waals surface area (Å²) in [5.74, 6) is 0.302. The molecule has 1 saturated heterocycles. The number of carboxylic acids is 1. The summed E-state index contributed by atoms with van der Waals surface area (Å²) in [6.45, 7) is 2.41. The van der Waals surface area contributed by atoms with Gasteiger partial charge in [-0.3, -0.25) is 0 Å². The molecule has 1 aromatic carbocycles. The van der Waals surface area contributed by atoms with Crippen LogP contribution in [0.5, 0.6) is 0 Å². The number of hydrogen-bond donors (Lipinski definition) is 1. The van der Waals surface area contributed by atoms with Crippen LogP contribution in [-0.2, 0) is 16.4 Å². The van der Waals surface area contributed by atoms with Gasteiger partial charge in [0.05, 0.1) is 28.1 Å². The first-order valence-electron chi connectivity index (χ1n) is 6.76. The largest absolute Gasteiger partial charge is 0.478 e. The van der Waals surface area contributed by atoms with Crippen LogP contribution < -0.4 is 0 Å². The van der Waals surface area contributed by atoms with Crippen LogP contribution >= 0.6 is 0 Å². The first-order valence-corrected chi connectivity index (χ1v) is 8.58. The molecule has 0 amide bonds. The predicted octanol–water partition coefficient (Wildman–Crippen LogP) is 1.48. The van der Waals surface area contributed by atoms with Crippen LogP contribution in [0.25, 0.3) is 11.0 Å². The highest BCUT2D eigenvalue weighted by Crippen LogP contribution is 2.24. The highest BCUT2D eigenvalue weighted by atomic mass is 32.2. The molecule has 0 bridgehead atoms. The van der Waals surface area contributed by atoms with Crippen LogP contribution in [0.1, 0.15) is 22.6 Å². The first kappa shape index (κ1) is 14.1. The van der Waals surface area contributed by atoms with Crippen molar-refractivity contribution in [3.05, 3.63) is 29.6 Å². The van der Waals surface area contributed by atoms with Crippen molar-refractivity contribution in [2.45, 2.75) is 19.9 Å². The average molecular weight is 308 g/mol. The molecule has 1 fully saturated rings. The zero-order valence-electron chi connectivity index (χ0n) is 11.6. The van der Waals surface area contributed by atoms with Gasteiger partial charge in [0.15, 0.2) is 9.84 Å². The maximum atomic E-state index is 11.6. The van der Waals surface area contributed by atoms with Crippen molar-refractivity contribution in [2.75, 3.05) is 11.5 Å². The molecule has 0 radical (unpaired) electrons. The van der Waals surface area contributed by atoms with E-state index >= 15 is 0 Å². The molecular formula is C14H16N2O4S. The number of aromatic carboxylic acids is 1. The summed E-state index contributed by atoms with van der Waals surface area (Å²) in [5, 5.41) is 9.09. The lowest BCUT2D eigenvalue weighted by atomic mass is 10.1. The Balaban J connectivity index is 1.99. The Labute approximate surface area is 122 Å². The maximum absolute atomic E-state index is 11.6. The number of aromatic nitrogens is 2. The lowest BCUT2D eigenvalue weighted by Gasteiger charge is -2.12. The van der Waals surface area contributed by atoms with Gasteiger partial charge in [-0.2, -0.15) is 0 Å². The van der Waals surface area contributed by atoms with Crippen LogP contribution in [-0.4, -0.2) is 40.6 Å². The highest BCUT2D eigenvalue weighted by Gasteiger charge is 2.28. The number of aryl methyl sites for hydroxylation is 1. The van der Waals surface area contributed by atoms with E-state index in [0.717, 1.165) is 16.9 Å². The van der Waals surface area contributed by atoms with E-state index in [2.05, 4.69) is 4.98 Å². The minimum Gasteiger partial charge on any atom is -0.478 e. The molecule has 1 N–H and O–H groups in total. The minimum atomic E-state index is -2.91. The van der Waals surface area contributed by atoms with Gasteiger partial charge in [0.2, 0.25) is 0 Å². The van der Waals surface area contributed by atoms with E-state index in [1.54, 1.807) is 12.1 Å². The molecule has 7 heteroatoms. The molecule has 0 aliphatic carbocycles. The third-order valence-electron chi connectivity index (χ3n) is 3.95. The number of carboxylic acid groups (broad SMARTS) is 1. The van der Waals surface area contributed by atoms with Crippen molar-refractivity contribution in [2.24, 2.45) is 5.92 Å². The molecule has 1 aliphatic heterocycles. The van der Waals surface area contributed by atoms with Crippen LogP contribution in [0.4, 0.5) is 0 Å². The van der Waals surface area contributed by atoms with E-state index in [1.165, 1.54) is 6.07 Å². The van der Waals surface area contributed by atoms with E-state index in [9.17, 15) is 13.2 Å². The summed E-state index contributed by atoms with van der Waals surface area (Å²) in [7, 11) is -2.91. The molecule has 1 aromatic heterocycles. The summed E-state index contributed by atoms with van der Waals surface area (Å²) < 4.78 is 25.0. The molecular weight excluding hydrogens is 292 g/mol. The van der Waals surface area contributed by atoms with Crippen molar-refractivity contribution in [1.29, 1.82) is 0 Å². The quantitative estimate of drug-likeness (QED) is 0.927. The first-order chi connectivity index (χ1) is 9.85. The number of fused-ring (bicyclic) bond motifs is 1. The number of benzene rings is 1. The predicted molar refractivity (Wildman–Crippen MR) is 78.2 cm³/mol. The summed E-state index contributed by atoms with van der Waals surface area (Å²) in [6, 6.07) is 4.82. The standard InChI is InChI=1S/C14H16N2O4S/c1-9-15-12-3-2-11(14(17)18)6-13(12)16(9)7-10-4-5-21(19,20)8-10/h2-3,6,10H,4-5,7-8H2,1H3,(H,17,18). The fourth-order valence-corrected chi connectivity index (χ4v) is 4.73. The highest BCUT2D eigenvalue weighted by molar-refractivity contribution is 7.91. The zero-order valence-corrected chi connectivity index (χ0v) is 12.4. The Bertz CT molecular complexity index is 823. The van der Waals surface area contributed by atoms with Crippen molar-refractivity contribution in [3.8, 4) is 0 Å². The second kappa shape index (κ2) is 4.84. The molecule has 2 heterocycles. The summed E-state index contributed by atoms with van der Waals surface area (Å²) in [6.07, 6.45) is 0.653. The van der Waals surface area contributed by atoms with Gasteiger partial charge < -0.3 is 9.67 Å². The van der Waals surface area contributed by atoms with E-state index < -0.39 is 15.8 Å². The Morgan fingerprint density at radius 2 is 2.24 bits per heavy atom. The Hall–Kier alpha value is -1.89. The van der Waals surface area contributed by atoms with Gasteiger partial charge in [0, 0.05) is 6.54 Å². The smallest absolute Gasteiger partial charge is 0.335 e. The molecule has 2 aromatic rings. The van der Waals surface area contributed by atoms with Gasteiger partial charge in [0.1, 0.15) is 5.82 Å². The molecule has 3 rings (SSSR count). The van der Waals surface area contributed by atoms with Crippen molar-refractivity contribution < 1.29 is 18.3 Å². The number of nitrogens with zero attached hydrogens (tertiary/aromatic N) is 2. The Kier molecular flexibility index (Phi) is 3.24. The lowest BCUT2D eigenvalue weighted by molar-refractivity contribution is 0.0697. The molecule has 1 atom stereocenters. The third-order valence-corrected chi connectivity index (χ3v) is 5.79. The number of rotatable bonds is 3. The maximum Gasteiger partial charge on any atom is 0.335 e. The topological polar surface area (TPSA) is 89.3 Å². The van der Waals surface area contributed by atoms with Gasteiger partial charge in [-0.1, -0.05) is 0 Å². The van der Waals surface area contributed by atoms with Crippen LogP contribution in [0.3, 0.4) is 0 Å². The monoisotopic (exact) mass is 308 g/mol. The summed E-state index contributed by atoms with van der Waals surface area (Å²) >= 11 is 0. The third kappa shape index (κ3) is 2.65. The minimum absolute atomic E-state index is 0.0691. The summed E-state index contributed by atoms with van der Waals surface area (Å²) in [4.78, 5) is 15.5. The van der Waals surface area contributed by atoms with Gasteiger partial charge in [-0.15, -0.1) is 0 Å². The molecule has 1 aliphatic rings. The molecule has 6 nitrogen and oxygen atoms in total. The van der Waals surface area contributed by atoms with Crippen LogP contribution in [0.2, 0.25) is 0 Å². The summed E-state index contributed by atoms with van der Waals surface area (Å²) in [5.41, 5.74) is 1.69. The van der Waals surface area contributed by atoms with Crippen molar-refractivity contribution in [3.63, 3.8) is 0 Å². The SMILES string of the molecule is Cc1nc2ccc(C(=O)O)cc2n1CC1CCS(=O)(=O)C1. The number of carbonyl (C=O) groups is 1. The number of hydrogen-bond acceptors (Lipinski definition) is 4. The van der Waals surface area contributed by atoms with Gasteiger partial charge >= 0.3 is 5.97 Å². The lowest BCUT2D eigenvalue weighted by Crippen LogP contribution is -2.13. The fourth-order valence-electron chi connectivity index (χ4n) is 2.88. The normalized spacial score (nSPS) is 20.9. The molecule has 112 valence electrons.